The summed E-state index contributed by atoms with van der Waals surface area (Å²) in [5, 5.41) is 0. The molecule has 0 aliphatic rings. The van der Waals surface area contributed by atoms with Gasteiger partial charge in [-0.05, 0) is 35.9 Å². The number of carbonyl (C=O) groups excluding carboxylic acids is 1. The Morgan fingerprint density at radius 3 is 2.43 bits per heavy atom. The van der Waals surface area contributed by atoms with Crippen molar-refractivity contribution in [2.45, 2.75) is 0 Å². The molecule has 0 unspecified atom stereocenters. The Hall–Kier alpha value is -2.60. The second kappa shape index (κ2) is 7.11. The molecule has 0 fully saturated rings. The minimum absolute atomic E-state index is 0.210. The summed E-state index contributed by atoms with van der Waals surface area (Å²) < 4.78 is 29.9. The number of allylic oxidation sites excluding steroid dienone is 1. The third kappa shape index (κ3) is 5.27. The Balaban J connectivity index is 2.13. The maximum Gasteiger partial charge on any atom is 0.229 e. The van der Waals surface area contributed by atoms with Crippen molar-refractivity contribution < 1.29 is 17.9 Å². The standard InChI is InChI=1S/C17H17NO4S/c1-22-16-9-6-13(7-10-16)8-11-17(19)14-4-3-5-15(12-14)18-23(2,20)21/h3-12,18H,1-2H3/b11-8-. The highest BCUT2D eigenvalue weighted by Crippen LogP contribution is 2.15. The van der Waals surface area contributed by atoms with Gasteiger partial charge in [0.25, 0.3) is 0 Å². The second-order valence-electron chi connectivity index (χ2n) is 4.93. The number of carbonyl (C=O) groups is 1. The van der Waals surface area contributed by atoms with Crippen molar-refractivity contribution in [1.82, 2.24) is 0 Å². The van der Waals surface area contributed by atoms with Gasteiger partial charge >= 0.3 is 0 Å². The molecule has 2 aromatic rings. The summed E-state index contributed by atoms with van der Waals surface area (Å²) in [6, 6.07) is 13.6. The topological polar surface area (TPSA) is 72.5 Å². The van der Waals surface area contributed by atoms with E-state index >= 15 is 0 Å². The van der Waals surface area contributed by atoms with Gasteiger partial charge in [-0.25, -0.2) is 8.42 Å². The second-order valence-corrected chi connectivity index (χ2v) is 6.67. The number of sulfonamides is 1. The number of hydrogen-bond acceptors (Lipinski definition) is 4. The largest absolute Gasteiger partial charge is 0.497 e. The molecule has 23 heavy (non-hydrogen) atoms. The Morgan fingerprint density at radius 1 is 1.13 bits per heavy atom. The van der Waals surface area contributed by atoms with Crippen molar-refractivity contribution in [3.63, 3.8) is 0 Å². The van der Waals surface area contributed by atoms with E-state index in [9.17, 15) is 13.2 Å². The number of ether oxygens (including phenoxy) is 1. The summed E-state index contributed by atoms with van der Waals surface area (Å²) in [5.74, 6) is 0.533. The monoisotopic (exact) mass is 331 g/mol. The molecule has 1 N–H and O–H groups in total. The van der Waals surface area contributed by atoms with Crippen LogP contribution in [-0.2, 0) is 10.0 Å². The lowest BCUT2D eigenvalue weighted by Crippen LogP contribution is -2.10. The van der Waals surface area contributed by atoms with Crippen molar-refractivity contribution >= 4 is 27.6 Å². The first-order chi connectivity index (χ1) is 10.9. The van der Waals surface area contributed by atoms with Gasteiger partial charge in [0.2, 0.25) is 10.0 Å². The van der Waals surface area contributed by atoms with Crippen LogP contribution in [0.15, 0.2) is 54.6 Å². The van der Waals surface area contributed by atoms with Crippen molar-refractivity contribution in [2.24, 2.45) is 0 Å². The zero-order valence-corrected chi connectivity index (χ0v) is 13.6. The van der Waals surface area contributed by atoms with Crippen LogP contribution in [0, 0.1) is 0 Å². The minimum Gasteiger partial charge on any atom is -0.497 e. The van der Waals surface area contributed by atoms with Crippen molar-refractivity contribution in [3.05, 3.63) is 65.7 Å². The smallest absolute Gasteiger partial charge is 0.229 e. The zero-order valence-electron chi connectivity index (χ0n) is 12.8. The van der Waals surface area contributed by atoms with Gasteiger partial charge in [-0.15, -0.1) is 0 Å². The van der Waals surface area contributed by atoms with Crippen LogP contribution in [0.1, 0.15) is 15.9 Å². The van der Waals surface area contributed by atoms with Crippen LogP contribution < -0.4 is 9.46 Å². The van der Waals surface area contributed by atoms with Crippen LogP contribution in [0.4, 0.5) is 5.69 Å². The SMILES string of the molecule is COc1ccc(/C=C\C(=O)c2cccc(NS(C)(=O)=O)c2)cc1. The van der Waals surface area contributed by atoms with Gasteiger partial charge in [0, 0.05) is 11.3 Å². The first kappa shape index (κ1) is 16.8. The Morgan fingerprint density at radius 2 is 1.83 bits per heavy atom. The number of ketones is 1. The van der Waals surface area contributed by atoms with E-state index < -0.39 is 10.0 Å². The molecule has 0 amide bonds. The molecule has 6 heteroatoms. The van der Waals surface area contributed by atoms with E-state index in [4.69, 9.17) is 4.74 Å². The average Bonchev–Trinajstić information content (AvgIpc) is 2.51. The van der Waals surface area contributed by atoms with Gasteiger partial charge in [0.05, 0.1) is 13.4 Å². The van der Waals surface area contributed by atoms with Crippen LogP contribution in [0.2, 0.25) is 0 Å². The third-order valence-corrected chi connectivity index (χ3v) is 3.60. The highest BCUT2D eigenvalue weighted by molar-refractivity contribution is 7.92. The molecule has 2 aromatic carbocycles. The molecule has 0 heterocycles. The van der Waals surface area contributed by atoms with Gasteiger partial charge in [0.1, 0.15) is 5.75 Å². The third-order valence-electron chi connectivity index (χ3n) is 2.99. The summed E-state index contributed by atoms with van der Waals surface area (Å²) in [7, 11) is -1.78. The summed E-state index contributed by atoms with van der Waals surface area (Å²) in [4.78, 5) is 12.2. The molecule has 0 saturated carbocycles. The highest BCUT2D eigenvalue weighted by Gasteiger charge is 2.06. The van der Waals surface area contributed by atoms with Crippen molar-refractivity contribution in [2.75, 3.05) is 18.1 Å². The molecule has 0 aliphatic heterocycles. The number of methoxy groups -OCH3 is 1. The Labute approximate surface area is 135 Å². The van der Waals surface area contributed by atoms with Crippen LogP contribution in [0.5, 0.6) is 5.75 Å². The summed E-state index contributed by atoms with van der Waals surface area (Å²) in [6.07, 6.45) is 4.20. The normalized spacial score (nSPS) is 11.4. The Kier molecular flexibility index (Phi) is 5.18. The van der Waals surface area contributed by atoms with E-state index in [2.05, 4.69) is 4.72 Å². The highest BCUT2D eigenvalue weighted by atomic mass is 32.2. The predicted octanol–water partition coefficient (Wildman–Crippen LogP) is 2.96. The van der Waals surface area contributed by atoms with Gasteiger partial charge < -0.3 is 4.74 Å². The quantitative estimate of drug-likeness (QED) is 0.652. The number of benzene rings is 2. The summed E-state index contributed by atoms with van der Waals surface area (Å²) >= 11 is 0. The average molecular weight is 331 g/mol. The van der Waals surface area contributed by atoms with E-state index in [0.29, 0.717) is 11.3 Å². The van der Waals surface area contributed by atoms with Crippen LogP contribution in [0.25, 0.3) is 6.08 Å². The van der Waals surface area contributed by atoms with Gasteiger partial charge in [-0.3, -0.25) is 9.52 Å². The van der Waals surface area contributed by atoms with Crippen LogP contribution in [0.3, 0.4) is 0 Å². The van der Waals surface area contributed by atoms with E-state index in [1.54, 1.807) is 43.5 Å². The van der Waals surface area contributed by atoms with Crippen molar-refractivity contribution in [3.8, 4) is 5.75 Å². The fourth-order valence-corrected chi connectivity index (χ4v) is 2.49. The van der Waals surface area contributed by atoms with Gasteiger partial charge in [-0.2, -0.15) is 0 Å². The van der Waals surface area contributed by atoms with Gasteiger partial charge in [0.15, 0.2) is 5.78 Å². The first-order valence-electron chi connectivity index (χ1n) is 6.82. The van der Waals surface area contributed by atoms with E-state index in [1.165, 1.54) is 12.1 Å². The van der Waals surface area contributed by atoms with E-state index in [1.807, 2.05) is 12.1 Å². The molecular formula is C17H17NO4S. The molecule has 0 aromatic heterocycles. The lowest BCUT2D eigenvalue weighted by Gasteiger charge is -2.04. The maximum atomic E-state index is 12.2. The fourth-order valence-electron chi connectivity index (χ4n) is 1.93. The van der Waals surface area contributed by atoms with Crippen LogP contribution >= 0.6 is 0 Å². The summed E-state index contributed by atoms with van der Waals surface area (Å²) in [6.45, 7) is 0. The fraction of sp³-hybridized carbons (Fsp3) is 0.118. The predicted molar refractivity (Wildman–Crippen MR) is 91.3 cm³/mol. The number of anilines is 1. The molecule has 0 saturated heterocycles. The Bertz CT molecular complexity index is 824. The molecule has 0 atom stereocenters. The molecule has 5 nitrogen and oxygen atoms in total. The number of hydrogen-bond donors (Lipinski definition) is 1. The van der Waals surface area contributed by atoms with Crippen molar-refractivity contribution in [1.29, 1.82) is 0 Å². The molecule has 2 rings (SSSR count). The minimum atomic E-state index is -3.37. The molecule has 0 spiro atoms. The molecule has 120 valence electrons. The molecule has 0 bridgehead atoms. The van der Waals surface area contributed by atoms with Gasteiger partial charge in [-0.1, -0.05) is 30.3 Å². The van der Waals surface area contributed by atoms with E-state index in [0.717, 1.165) is 17.6 Å². The molecule has 0 aliphatic carbocycles. The van der Waals surface area contributed by atoms with E-state index in [-0.39, 0.29) is 5.78 Å². The zero-order chi connectivity index (χ0) is 16.9. The number of nitrogens with one attached hydrogen (secondary N) is 1. The molecule has 0 radical (unpaired) electrons. The maximum absolute atomic E-state index is 12.2. The van der Waals surface area contributed by atoms with Crippen LogP contribution in [-0.4, -0.2) is 27.6 Å². The lowest BCUT2D eigenvalue weighted by atomic mass is 10.1. The number of rotatable bonds is 6. The lowest BCUT2D eigenvalue weighted by molar-refractivity contribution is 0.104. The summed E-state index contributed by atoms with van der Waals surface area (Å²) in [5.41, 5.74) is 1.63. The molecular weight excluding hydrogens is 314 g/mol. The first-order valence-corrected chi connectivity index (χ1v) is 8.71.